The van der Waals surface area contributed by atoms with Crippen molar-refractivity contribution in [3.05, 3.63) is 29.8 Å². The molecule has 23 heavy (non-hydrogen) atoms. The summed E-state index contributed by atoms with van der Waals surface area (Å²) in [6.07, 6.45) is 5.40. The summed E-state index contributed by atoms with van der Waals surface area (Å²) in [5, 5.41) is 0. The minimum atomic E-state index is -3.71. The molecule has 0 radical (unpaired) electrons. The molecule has 0 aliphatic heterocycles. The fourth-order valence-electron chi connectivity index (χ4n) is 2.96. The van der Waals surface area contributed by atoms with Crippen LogP contribution in [0.2, 0.25) is 0 Å². The van der Waals surface area contributed by atoms with Crippen molar-refractivity contribution in [2.45, 2.75) is 43.0 Å². The van der Waals surface area contributed by atoms with Crippen molar-refractivity contribution in [3.63, 3.8) is 0 Å². The molecule has 2 rings (SSSR count). The number of nitrogens with one attached hydrogen (secondary N) is 1. The summed E-state index contributed by atoms with van der Waals surface area (Å²) in [6.45, 7) is 0.263. The molecule has 1 aromatic carbocycles. The second kappa shape index (κ2) is 8.63. The standard InChI is InChI=1S/C15H23N3O3S.ClH/c16-10-14(11-5-2-1-3-6-11)18-22(20,21)13-8-4-7-12(9-13)15(17)19;/h4,7-9,11,14,18H,1-3,5-6,10,16H2,(H2,17,19);1H. The topological polar surface area (TPSA) is 115 Å². The predicted octanol–water partition coefficient (Wildman–Crippen LogP) is 1.39. The van der Waals surface area contributed by atoms with E-state index in [4.69, 9.17) is 11.5 Å². The highest BCUT2D eigenvalue weighted by atomic mass is 35.5. The number of nitrogens with two attached hydrogens (primary N) is 2. The van der Waals surface area contributed by atoms with E-state index >= 15 is 0 Å². The number of carbonyl (C=O) groups is 1. The maximum atomic E-state index is 12.5. The molecule has 1 aliphatic carbocycles. The molecule has 5 N–H and O–H groups in total. The number of hydrogen-bond donors (Lipinski definition) is 3. The first kappa shape index (κ1) is 19.9. The van der Waals surface area contributed by atoms with Gasteiger partial charge in [0.15, 0.2) is 0 Å². The molecule has 0 saturated heterocycles. The van der Waals surface area contributed by atoms with Gasteiger partial charge in [0.05, 0.1) is 4.90 Å². The molecule has 0 bridgehead atoms. The Morgan fingerprint density at radius 1 is 1.26 bits per heavy atom. The second-order valence-corrected chi connectivity index (χ2v) is 7.47. The molecule has 8 heteroatoms. The lowest BCUT2D eigenvalue weighted by Gasteiger charge is -2.29. The molecule has 1 fully saturated rings. The van der Waals surface area contributed by atoms with Gasteiger partial charge in [-0.2, -0.15) is 0 Å². The Morgan fingerprint density at radius 2 is 1.91 bits per heavy atom. The summed E-state index contributed by atoms with van der Waals surface area (Å²) < 4.78 is 27.7. The van der Waals surface area contributed by atoms with Gasteiger partial charge >= 0.3 is 0 Å². The molecule has 1 unspecified atom stereocenters. The minimum Gasteiger partial charge on any atom is -0.366 e. The molecule has 0 aromatic heterocycles. The van der Waals surface area contributed by atoms with Gasteiger partial charge in [-0.25, -0.2) is 13.1 Å². The van der Waals surface area contributed by atoms with E-state index in [-0.39, 0.29) is 41.4 Å². The lowest BCUT2D eigenvalue weighted by Crippen LogP contribution is -2.45. The van der Waals surface area contributed by atoms with Gasteiger partial charge in [0, 0.05) is 18.2 Å². The molecule has 1 amide bonds. The maximum absolute atomic E-state index is 12.5. The van der Waals surface area contributed by atoms with Crippen molar-refractivity contribution in [1.82, 2.24) is 4.72 Å². The van der Waals surface area contributed by atoms with Crippen LogP contribution in [0, 0.1) is 5.92 Å². The zero-order valence-corrected chi connectivity index (χ0v) is 14.5. The van der Waals surface area contributed by atoms with E-state index in [9.17, 15) is 13.2 Å². The number of rotatable bonds is 6. The first-order valence-electron chi connectivity index (χ1n) is 7.56. The van der Waals surface area contributed by atoms with Crippen molar-refractivity contribution in [3.8, 4) is 0 Å². The monoisotopic (exact) mass is 361 g/mol. The number of amides is 1. The van der Waals surface area contributed by atoms with Crippen molar-refractivity contribution >= 4 is 28.3 Å². The van der Waals surface area contributed by atoms with Crippen molar-refractivity contribution in [1.29, 1.82) is 0 Å². The molecule has 1 aliphatic rings. The summed E-state index contributed by atoms with van der Waals surface area (Å²) in [5.74, 6) is -0.382. The number of hydrogen-bond acceptors (Lipinski definition) is 4. The smallest absolute Gasteiger partial charge is 0.248 e. The highest BCUT2D eigenvalue weighted by Gasteiger charge is 2.27. The molecule has 0 spiro atoms. The quantitative estimate of drug-likeness (QED) is 0.710. The zero-order valence-electron chi connectivity index (χ0n) is 12.9. The molecule has 6 nitrogen and oxygen atoms in total. The van der Waals surface area contributed by atoms with E-state index in [0.717, 1.165) is 25.7 Å². The SMILES string of the molecule is Cl.NCC(NS(=O)(=O)c1cccc(C(N)=O)c1)C1CCCCC1. The van der Waals surface area contributed by atoms with Crippen LogP contribution in [0.25, 0.3) is 0 Å². The average molecular weight is 362 g/mol. The highest BCUT2D eigenvalue weighted by molar-refractivity contribution is 7.89. The Balaban J connectivity index is 0.00000264. The van der Waals surface area contributed by atoms with Gasteiger partial charge in [-0.15, -0.1) is 12.4 Å². The van der Waals surface area contributed by atoms with Gasteiger partial charge < -0.3 is 11.5 Å². The summed E-state index contributed by atoms with van der Waals surface area (Å²) in [5.41, 5.74) is 11.1. The third-order valence-electron chi connectivity index (χ3n) is 4.21. The van der Waals surface area contributed by atoms with Crippen molar-refractivity contribution < 1.29 is 13.2 Å². The van der Waals surface area contributed by atoms with Gasteiger partial charge in [-0.05, 0) is 37.0 Å². The minimum absolute atomic E-state index is 0. The zero-order chi connectivity index (χ0) is 16.2. The van der Waals surface area contributed by atoms with Gasteiger partial charge in [-0.3, -0.25) is 4.79 Å². The predicted molar refractivity (Wildman–Crippen MR) is 91.9 cm³/mol. The first-order chi connectivity index (χ1) is 10.4. The van der Waals surface area contributed by atoms with Crippen molar-refractivity contribution in [2.24, 2.45) is 17.4 Å². The molecular formula is C15H24ClN3O3S. The van der Waals surface area contributed by atoms with E-state index in [0.29, 0.717) is 0 Å². The van der Waals surface area contributed by atoms with Crippen LogP contribution < -0.4 is 16.2 Å². The van der Waals surface area contributed by atoms with E-state index < -0.39 is 15.9 Å². The number of carbonyl (C=O) groups excluding carboxylic acids is 1. The van der Waals surface area contributed by atoms with E-state index in [1.54, 1.807) is 0 Å². The Kier molecular flexibility index (Phi) is 7.47. The van der Waals surface area contributed by atoms with E-state index in [1.807, 2.05) is 0 Å². The lowest BCUT2D eigenvalue weighted by atomic mass is 9.84. The summed E-state index contributed by atoms with van der Waals surface area (Å²) in [7, 11) is -3.71. The largest absolute Gasteiger partial charge is 0.366 e. The second-order valence-electron chi connectivity index (χ2n) is 5.75. The summed E-state index contributed by atoms with van der Waals surface area (Å²) >= 11 is 0. The number of sulfonamides is 1. The van der Waals surface area contributed by atoms with Crippen LogP contribution in [0.4, 0.5) is 0 Å². The molecule has 1 atom stereocenters. The Bertz CT molecular complexity index is 631. The number of halogens is 1. The Labute approximate surface area is 143 Å². The van der Waals surface area contributed by atoms with Gasteiger partial charge in [-0.1, -0.05) is 25.3 Å². The van der Waals surface area contributed by atoms with Crippen LogP contribution in [0.15, 0.2) is 29.2 Å². The molecule has 0 heterocycles. The van der Waals surface area contributed by atoms with Gasteiger partial charge in [0.1, 0.15) is 0 Å². The fraction of sp³-hybridized carbons (Fsp3) is 0.533. The first-order valence-corrected chi connectivity index (χ1v) is 9.04. The summed E-state index contributed by atoms with van der Waals surface area (Å²) in [6, 6.07) is 5.46. The van der Waals surface area contributed by atoms with Crippen LogP contribution in [-0.2, 0) is 10.0 Å². The van der Waals surface area contributed by atoms with Gasteiger partial charge in [0.2, 0.25) is 15.9 Å². The third kappa shape index (κ3) is 5.17. The third-order valence-corrected chi connectivity index (χ3v) is 5.70. The van der Waals surface area contributed by atoms with Crippen LogP contribution in [0.3, 0.4) is 0 Å². The fourth-order valence-corrected chi connectivity index (χ4v) is 4.32. The van der Waals surface area contributed by atoms with E-state index in [1.165, 1.54) is 30.7 Å². The average Bonchev–Trinajstić information content (AvgIpc) is 2.53. The van der Waals surface area contributed by atoms with Crippen LogP contribution in [-0.4, -0.2) is 26.9 Å². The van der Waals surface area contributed by atoms with Crippen LogP contribution in [0.5, 0.6) is 0 Å². The van der Waals surface area contributed by atoms with Gasteiger partial charge in [0.25, 0.3) is 0 Å². The van der Waals surface area contributed by atoms with Crippen LogP contribution >= 0.6 is 12.4 Å². The normalized spacial score (nSPS) is 17.3. The summed E-state index contributed by atoms with van der Waals surface area (Å²) in [4.78, 5) is 11.2. The lowest BCUT2D eigenvalue weighted by molar-refractivity contribution is 0.1000. The van der Waals surface area contributed by atoms with Crippen LogP contribution in [0.1, 0.15) is 42.5 Å². The maximum Gasteiger partial charge on any atom is 0.248 e. The number of benzene rings is 1. The Morgan fingerprint density at radius 3 is 2.48 bits per heavy atom. The molecule has 1 aromatic rings. The number of primary amides is 1. The van der Waals surface area contributed by atoms with E-state index in [2.05, 4.69) is 4.72 Å². The molecular weight excluding hydrogens is 338 g/mol. The molecule has 1 saturated carbocycles. The highest BCUT2D eigenvalue weighted by Crippen LogP contribution is 2.27. The van der Waals surface area contributed by atoms with Crippen molar-refractivity contribution in [2.75, 3.05) is 6.54 Å². The molecule has 130 valence electrons. The Hall–Kier alpha value is -1.15.